The van der Waals surface area contributed by atoms with Crippen LogP contribution in [-0.4, -0.2) is 44.0 Å². The summed E-state index contributed by atoms with van der Waals surface area (Å²) in [6.07, 6.45) is 1.44. The molecule has 8 heteroatoms. The third-order valence-corrected chi connectivity index (χ3v) is 4.92. The van der Waals surface area contributed by atoms with Gasteiger partial charge in [0.2, 0.25) is 0 Å². The highest BCUT2D eigenvalue weighted by Crippen LogP contribution is 2.31. The molecule has 3 amide bonds. The first kappa shape index (κ1) is 22.1. The van der Waals surface area contributed by atoms with Crippen LogP contribution in [0, 0.1) is 5.92 Å². The number of hydrogen-bond donors (Lipinski definition) is 1. The molecule has 3 rings (SSSR count). The Morgan fingerprint density at radius 3 is 2.39 bits per heavy atom. The van der Waals surface area contributed by atoms with Gasteiger partial charge in [-0.1, -0.05) is 26.0 Å². The Labute approximate surface area is 181 Å². The van der Waals surface area contributed by atoms with E-state index in [2.05, 4.69) is 24.3 Å². The Balaban J connectivity index is 1.79. The lowest BCUT2D eigenvalue weighted by Crippen LogP contribution is -2.40. The summed E-state index contributed by atoms with van der Waals surface area (Å²) >= 11 is 0. The number of benzene rings is 2. The van der Waals surface area contributed by atoms with Crippen LogP contribution in [0.1, 0.15) is 31.9 Å². The van der Waals surface area contributed by atoms with Crippen LogP contribution >= 0.6 is 0 Å². The van der Waals surface area contributed by atoms with Crippen LogP contribution in [0.25, 0.3) is 0 Å². The second-order valence-corrected chi connectivity index (χ2v) is 7.76. The number of methoxy groups -OCH3 is 2. The summed E-state index contributed by atoms with van der Waals surface area (Å²) < 4.78 is 16.3. The van der Waals surface area contributed by atoms with E-state index >= 15 is 0 Å². The van der Waals surface area contributed by atoms with Gasteiger partial charge in [0, 0.05) is 0 Å². The minimum Gasteiger partial charge on any atom is -0.497 e. The van der Waals surface area contributed by atoms with Crippen molar-refractivity contribution in [1.29, 1.82) is 0 Å². The highest BCUT2D eigenvalue weighted by Gasteiger charge is 2.49. The fourth-order valence-electron chi connectivity index (χ4n) is 3.11. The molecular weight excluding hydrogens is 398 g/mol. The average molecular weight is 425 g/mol. The van der Waals surface area contributed by atoms with Gasteiger partial charge in [0.05, 0.1) is 27.0 Å². The Bertz CT molecular complexity index is 987. The van der Waals surface area contributed by atoms with Crippen LogP contribution in [0.3, 0.4) is 0 Å². The van der Waals surface area contributed by atoms with Crippen LogP contribution in [-0.2, 0) is 10.3 Å². The molecule has 1 aliphatic rings. The third kappa shape index (κ3) is 4.63. The van der Waals surface area contributed by atoms with Gasteiger partial charge in [0.25, 0.3) is 5.91 Å². The summed E-state index contributed by atoms with van der Waals surface area (Å²) in [5, 5.41) is 7.67. The lowest BCUT2D eigenvalue weighted by Gasteiger charge is -2.21. The fourth-order valence-corrected chi connectivity index (χ4v) is 3.11. The van der Waals surface area contributed by atoms with Gasteiger partial charge in [-0.2, -0.15) is 5.10 Å². The molecule has 31 heavy (non-hydrogen) atoms. The Morgan fingerprint density at radius 2 is 1.77 bits per heavy atom. The number of imide groups is 1. The van der Waals surface area contributed by atoms with E-state index in [1.807, 2.05) is 0 Å². The summed E-state index contributed by atoms with van der Waals surface area (Å²) in [7, 11) is 3.11. The van der Waals surface area contributed by atoms with E-state index in [1.165, 1.54) is 6.21 Å². The van der Waals surface area contributed by atoms with Gasteiger partial charge >= 0.3 is 6.03 Å². The fraction of sp³-hybridized carbons (Fsp3) is 0.348. The number of urea groups is 1. The zero-order chi connectivity index (χ0) is 22.6. The first-order valence-electron chi connectivity index (χ1n) is 9.94. The van der Waals surface area contributed by atoms with Gasteiger partial charge in [-0.3, -0.25) is 4.79 Å². The maximum Gasteiger partial charge on any atom is 0.346 e. The van der Waals surface area contributed by atoms with Crippen LogP contribution in [0.4, 0.5) is 4.79 Å². The number of ether oxygens (including phenoxy) is 3. The van der Waals surface area contributed by atoms with E-state index in [9.17, 15) is 9.59 Å². The van der Waals surface area contributed by atoms with Crippen molar-refractivity contribution in [2.24, 2.45) is 11.0 Å². The van der Waals surface area contributed by atoms with Crippen molar-refractivity contribution in [1.82, 2.24) is 10.3 Å². The molecular formula is C23H27N3O5. The molecule has 1 heterocycles. The number of amides is 3. The second kappa shape index (κ2) is 9.07. The summed E-state index contributed by atoms with van der Waals surface area (Å²) in [6.45, 7) is 6.33. The van der Waals surface area contributed by atoms with E-state index in [1.54, 1.807) is 63.6 Å². The van der Waals surface area contributed by atoms with Crippen molar-refractivity contribution in [2.75, 3.05) is 20.8 Å². The molecule has 0 aromatic heterocycles. The van der Waals surface area contributed by atoms with E-state index in [0.29, 0.717) is 40.9 Å². The maximum absolute atomic E-state index is 13.0. The van der Waals surface area contributed by atoms with E-state index in [-0.39, 0.29) is 0 Å². The molecule has 1 N–H and O–H groups in total. The van der Waals surface area contributed by atoms with Crippen molar-refractivity contribution in [3.8, 4) is 17.2 Å². The van der Waals surface area contributed by atoms with E-state index < -0.39 is 17.5 Å². The zero-order valence-corrected chi connectivity index (χ0v) is 18.3. The first-order chi connectivity index (χ1) is 14.8. The number of hydrogen-bond acceptors (Lipinski definition) is 6. The number of nitrogens with zero attached hydrogens (tertiary/aromatic N) is 2. The Morgan fingerprint density at radius 1 is 1.06 bits per heavy atom. The molecule has 8 nitrogen and oxygen atoms in total. The summed E-state index contributed by atoms with van der Waals surface area (Å²) in [5.41, 5.74) is 0.0810. The normalized spacial score (nSPS) is 18.6. The molecule has 0 saturated carbocycles. The molecule has 2 aromatic rings. The number of nitrogens with one attached hydrogen (secondary N) is 1. The molecule has 2 aromatic carbocycles. The lowest BCUT2D eigenvalue weighted by molar-refractivity contribution is -0.131. The summed E-state index contributed by atoms with van der Waals surface area (Å²) in [4.78, 5) is 25.4. The molecule has 0 spiro atoms. The standard InChI is InChI=1S/C23H27N3O5/c1-15(2)14-31-19-11-6-16(12-20(19)30-5)13-24-26-21(27)23(3,25-22(26)28)17-7-9-18(29-4)10-8-17/h6-13,15H,14H2,1-5H3,(H,25,28)/b24-13-/t23-/m0/s1. The van der Waals surface area contributed by atoms with Crippen molar-refractivity contribution in [3.63, 3.8) is 0 Å². The van der Waals surface area contributed by atoms with Crippen LogP contribution in [0.5, 0.6) is 17.2 Å². The van der Waals surface area contributed by atoms with E-state index in [4.69, 9.17) is 14.2 Å². The Kier molecular flexibility index (Phi) is 6.48. The van der Waals surface area contributed by atoms with Gasteiger partial charge < -0.3 is 19.5 Å². The number of carbonyl (C=O) groups is 2. The smallest absolute Gasteiger partial charge is 0.346 e. The SMILES string of the molecule is COc1ccc([C@]2(C)NC(=O)N(/N=C\c3ccc(OCC(C)C)c(OC)c3)C2=O)cc1. The van der Waals surface area contributed by atoms with Crippen molar-refractivity contribution >= 4 is 18.2 Å². The van der Waals surface area contributed by atoms with Gasteiger partial charge in [0.15, 0.2) is 11.5 Å². The minimum atomic E-state index is -1.22. The monoisotopic (exact) mass is 425 g/mol. The largest absolute Gasteiger partial charge is 0.497 e. The van der Waals surface area contributed by atoms with Crippen molar-refractivity contribution in [3.05, 3.63) is 53.6 Å². The Hall–Kier alpha value is -3.55. The molecule has 1 aliphatic heterocycles. The van der Waals surface area contributed by atoms with Gasteiger partial charge in [0.1, 0.15) is 11.3 Å². The van der Waals surface area contributed by atoms with Crippen LogP contribution in [0.2, 0.25) is 0 Å². The summed E-state index contributed by atoms with van der Waals surface area (Å²) in [5.74, 6) is 1.74. The van der Waals surface area contributed by atoms with Crippen molar-refractivity contribution in [2.45, 2.75) is 26.3 Å². The summed E-state index contributed by atoms with van der Waals surface area (Å²) in [6, 6.07) is 11.7. The topological polar surface area (TPSA) is 89.5 Å². The first-order valence-corrected chi connectivity index (χ1v) is 9.94. The molecule has 0 aliphatic carbocycles. The minimum absolute atomic E-state index is 0.380. The highest BCUT2D eigenvalue weighted by atomic mass is 16.5. The quantitative estimate of drug-likeness (QED) is 0.516. The molecule has 1 fully saturated rings. The molecule has 0 bridgehead atoms. The number of hydrazone groups is 1. The second-order valence-electron chi connectivity index (χ2n) is 7.76. The average Bonchev–Trinajstić information content (AvgIpc) is 2.99. The third-order valence-electron chi connectivity index (χ3n) is 4.92. The highest BCUT2D eigenvalue weighted by molar-refractivity contribution is 6.07. The van der Waals surface area contributed by atoms with Gasteiger partial charge in [-0.25, -0.2) is 4.79 Å². The molecule has 1 saturated heterocycles. The van der Waals surface area contributed by atoms with Gasteiger partial charge in [-0.05, 0) is 54.3 Å². The molecule has 0 radical (unpaired) electrons. The zero-order valence-electron chi connectivity index (χ0n) is 18.3. The predicted molar refractivity (Wildman–Crippen MR) is 117 cm³/mol. The van der Waals surface area contributed by atoms with Crippen molar-refractivity contribution < 1.29 is 23.8 Å². The number of carbonyl (C=O) groups excluding carboxylic acids is 2. The van der Waals surface area contributed by atoms with Gasteiger partial charge in [-0.15, -0.1) is 5.01 Å². The lowest BCUT2D eigenvalue weighted by atomic mass is 9.92. The maximum atomic E-state index is 13.0. The predicted octanol–water partition coefficient (Wildman–Crippen LogP) is 3.54. The molecule has 164 valence electrons. The van der Waals surface area contributed by atoms with Crippen LogP contribution < -0.4 is 19.5 Å². The molecule has 1 atom stereocenters. The number of rotatable bonds is 8. The van der Waals surface area contributed by atoms with E-state index in [0.717, 1.165) is 5.01 Å². The van der Waals surface area contributed by atoms with Crippen LogP contribution in [0.15, 0.2) is 47.6 Å². The molecule has 0 unspecified atom stereocenters.